The van der Waals surface area contributed by atoms with E-state index in [1.165, 1.54) is 0 Å². The number of rotatable bonds is 6. The average Bonchev–Trinajstić information content (AvgIpc) is 2.48. The summed E-state index contributed by atoms with van der Waals surface area (Å²) in [5.41, 5.74) is 0.826. The van der Waals surface area contributed by atoms with Crippen LogP contribution in [0.4, 0.5) is 0 Å². The van der Waals surface area contributed by atoms with E-state index in [1.807, 2.05) is 43.3 Å². The van der Waals surface area contributed by atoms with Gasteiger partial charge in [0.05, 0.1) is 7.11 Å². The summed E-state index contributed by atoms with van der Waals surface area (Å²) in [4.78, 5) is 0. The summed E-state index contributed by atoms with van der Waals surface area (Å²) >= 11 is 0. The summed E-state index contributed by atoms with van der Waals surface area (Å²) < 4.78 is 16.1. The molecule has 0 saturated carbocycles. The van der Waals surface area contributed by atoms with Gasteiger partial charge in [0.25, 0.3) is 0 Å². The lowest BCUT2D eigenvalue weighted by Crippen LogP contribution is -2.08. The predicted octanol–water partition coefficient (Wildman–Crippen LogP) is 3.17. The van der Waals surface area contributed by atoms with Crippen molar-refractivity contribution in [1.29, 1.82) is 0 Å². The lowest BCUT2D eigenvalue weighted by molar-refractivity contribution is 0.216. The molecule has 0 bridgehead atoms. The Morgan fingerprint density at radius 2 is 1.40 bits per heavy atom. The fourth-order valence-electron chi connectivity index (χ4n) is 1.67. The smallest absolute Gasteiger partial charge is 0.123 e. The summed E-state index contributed by atoms with van der Waals surface area (Å²) in [5, 5.41) is 9.56. The Labute approximate surface area is 118 Å². The van der Waals surface area contributed by atoms with Crippen LogP contribution in [0.5, 0.6) is 23.0 Å². The average molecular weight is 274 g/mol. The van der Waals surface area contributed by atoms with Gasteiger partial charge in [-0.1, -0.05) is 6.07 Å². The monoisotopic (exact) mass is 274 g/mol. The summed E-state index contributed by atoms with van der Waals surface area (Å²) in [7, 11) is 1.63. The Kier molecular flexibility index (Phi) is 4.71. The molecule has 1 N–H and O–H groups in total. The van der Waals surface area contributed by atoms with Crippen LogP contribution in [-0.2, 0) is 0 Å². The molecule has 0 spiro atoms. The number of aryl methyl sites for hydroxylation is 1. The first-order valence-corrected chi connectivity index (χ1v) is 6.38. The zero-order valence-corrected chi connectivity index (χ0v) is 11.6. The van der Waals surface area contributed by atoms with Crippen molar-refractivity contribution < 1.29 is 19.3 Å². The van der Waals surface area contributed by atoms with Gasteiger partial charge in [0, 0.05) is 6.07 Å². The number of methoxy groups -OCH3 is 1. The molecule has 0 heterocycles. The molecule has 2 aromatic carbocycles. The second-order valence-electron chi connectivity index (χ2n) is 4.32. The maximum absolute atomic E-state index is 9.56. The third-order valence-electron chi connectivity index (χ3n) is 2.86. The summed E-state index contributed by atoms with van der Waals surface area (Å²) in [5.74, 6) is 2.43. The van der Waals surface area contributed by atoms with Crippen LogP contribution in [0.25, 0.3) is 0 Å². The van der Waals surface area contributed by atoms with Crippen LogP contribution in [-0.4, -0.2) is 25.4 Å². The van der Waals surface area contributed by atoms with E-state index in [4.69, 9.17) is 14.2 Å². The summed E-state index contributed by atoms with van der Waals surface area (Å²) in [6.45, 7) is 2.68. The Bertz CT molecular complexity index is 549. The first-order chi connectivity index (χ1) is 9.69. The molecular weight excluding hydrogens is 256 g/mol. The molecule has 2 aromatic rings. The van der Waals surface area contributed by atoms with Crippen LogP contribution in [0.15, 0.2) is 42.5 Å². The Hall–Kier alpha value is -2.36. The van der Waals surface area contributed by atoms with Gasteiger partial charge >= 0.3 is 0 Å². The minimum Gasteiger partial charge on any atom is -0.508 e. The van der Waals surface area contributed by atoms with Crippen LogP contribution in [0.3, 0.4) is 0 Å². The standard InChI is InChI=1S/C16H18O4/c1-12-3-4-15(11-16(12)17)20-10-9-19-14-7-5-13(18-2)6-8-14/h3-8,11,17H,9-10H2,1-2H3. The van der Waals surface area contributed by atoms with Gasteiger partial charge in [0.2, 0.25) is 0 Å². The first-order valence-electron chi connectivity index (χ1n) is 6.38. The maximum Gasteiger partial charge on any atom is 0.123 e. The number of ether oxygens (including phenoxy) is 3. The Balaban J connectivity index is 1.76. The molecule has 0 unspecified atom stereocenters. The molecule has 4 heteroatoms. The number of phenolic OH excluding ortho intramolecular Hbond substituents is 1. The van der Waals surface area contributed by atoms with Crippen LogP contribution in [0.1, 0.15) is 5.56 Å². The zero-order chi connectivity index (χ0) is 14.4. The predicted molar refractivity (Wildman–Crippen MR) is 76.8 cm³/mol. The molecule has 0 aliphatic carbocycles. The van der Waals surface area contributed by atoms with Crippen molar-refractivity contribution in [2.24, 2.45) is 0 Å². The fraction of sp³-hybridized carbons (Fsp3) is 0.250. The number of benzene rings is 2. The molecule has 4 nitrogen and oxygen atoms in total. The van der Waals surface area contributed by atoms with Crippen molar-refractivity contribution in [3.63, 3.8) is 0 Å². The van der Waals surface area contributed by atoms with Gasteiger partial charge in [0.15, 0.2) is 0 Å². The molecule has 0 aliphatic heterocycles. The van der Waals surface area contributed by atoms with Gasteiger partial charge in [-0.2, -0.15) is 0 Å². The van der Waals surface area contributed by atoms with Gasteiger partial charge in [0.1, 0.15) is 36.2 Å². The molecular formula is C16H18O4. The van der Waals surface area contributed by atoms with Crippen molar-refractivity contribution in [3.8, 4) is 23.0 Å². The van der Waals surface area contributed by atoms with E-state index >= 15 is 0 Å². The number of hydrogen-bond donors (Lipinski definition) is 1. The summed E-state index contributed by atoms with van der Waals surface area (Å²) in [6.07, 6.45) is 0. The van der Waals surface area contributed by atoms with Crippen LogP contribution in [0, 0.1) is 6.92 Å². The highest BCUT2D eigenvalue weighted by Crippen LogP contribution is 2.22. The van der Waals surface area contributed by atoms with E-state index in [1.54, 1.807) is 13.2 Å². The first kappa shape index (κ1) is 14.1. The quantitative estimate of drug-likeness (QED) is 0.822. The molecule has 0 radical (unpaired) electrons. The zero-order valence-electron chi connectivity index (χ0n) is 11.6. The van der Waals surface area contributed by atoms with Crippen molar-refractivity contribution in [2.75, 3.05) is 20.3 Å². The molecule has 0 saturated heterocycles. The van der Waals surface area contributed by atoms with Gasteiger partial charge in [-0.3, -0.25) is 0 Å². The van der Waals surface area contributed by atoms with Crippen molar-refractivity contribution in [3.05, 3.63) is 48.0 Å². The number of phenols is 1. The largest absolute Gasteiger partial charge is 0.508 e. The van der Waals surface area contributed by atoms with Crippen LogP contribution >= 0.6 is 0 Å². The number of aromatic hydroxyl groups is 1. The van der Waals surface area contributed by atoms with E-state index < -0.39 is 0 Å². The minimum atomic E-state index is 0.235. The van der Waals surface area contributed by atoms with Crippen LogP contribution in [0.2, 0.25) is 0 Å². The molecule has 0 atom stereocenters. The molecule has 106 valence electrons. The van der Waals surface area contributed by atoms with E-state index in [0.29, 0.717) is 19.0 Å². The van der Waals surface area contributed by atoms with E-state index in [9.17, 15) is 5.11 Å². The van der Waals surface area contributed by atoms with Crippen molar-refractivity contribution in [2.45, 2.75) is 6.92 Å². The Morgan fingerprint density at radius 1 is 0.850 bits per heavy atom. The van der Waals surface area contributed by atoms with E-state index in [-0.39, 0.29) is 5.75 Å². The second-order valence-corrected chi connectivity index (χ2v) is 4.32. The van der Waals surface area contributed by atoms with Gasteiger partial charge < -0.3 is 19.3 Å². The molecule has 20 heavy (non-hydrogen) atoms. The molecule has 0 aliphatic rings. The highest BCUT2D eigenvalue weighted by atomic mass is 16.5. The lowest BCUT2D eigenvalue weighted by atomic mass is 10.2. The minimum absolute atomic E-state index is 0.235. The topological polar surface area (TPSA) is 47.9 Å². The SMILES string of the molecule is COc1ccc(OCCOc2ccc(C)c(O)c2)cc1. The maximum atomic E-state index is 9.56. The Morgan fingerprint density at radius 3 is 2.00 bits per heavy atom. The second kappa shape index (κ2) is 6.70. The normalized spacial score (nSPS) is 10.1. The van der Waals surface area contributed by atoms with Gasteiger partial charge in [-0.15, -0.1) is 0 Å². The molecule has 2 rings (SSSR count). The van der Waals surface area contributed by atoms with Crippen molar-refractivity contribution in [1.82, 2.24) is 0 Å². The van der Waals surface area contributed by atoms with Crippen LogP contribution < -0.4 is 14.2 Å². The van der Waals surface area contributed by atoms with Gasteiger partial charge in [-0.05, 0) is 42.8 Å². The third kappa shape index (κ3) is 3.82. The molecule has 0 aromatic heterocycles. The third-order valence-corrected chi connectivity index (χ3v) is 2.86. The number of hydrogen-bond acceptors (Lipinski definition) is 4. The molecule has 0 amide bonds. The van der Waals surface area contributed by atoms with E-state index in [2.05, 4.69) is 0 Å². The molecule has 0 fully saturated rings. The highest BCUT2D eigenvalue weighted by molar-refractivity contribution is 5.38. The van der Waals surface area contributed by atoms with Gasteiger partial charge in [-0.25, -0.2) is 0 Å². The highest BCUT2D eigenvalue weighted by Gasteiger charge is 2.00. The van der Waals surface area contributed by atoms with Crippen molar-refractivity contribution >= 4 is 0 Å². The lowest BCUT2D eigenvalue weighted by Gasteiger charge is -2.09. The fourth-order valence-corrected chi connectivity index (χ4v) is 1.67. The van der Waals surface area contributed by atoms with E-state index in [0.717, 1.165) is 17.1 Å². The summed E-state index contributed by atoms with van der Waals surface area (Å²) in [6, 6.07) is 12.6.